The van der Waals surface area contributed by atoms with Crippen molar-refractivity contribution in [3.63, 3.8) is 0 Å². The van der Waals surface area contributed by atoms with Gasteiger partial charge in [0.15, 0.2) is 0 Å². The van der Waals surface area contributed by atoms with E-state index >= 15 is 0 Å². The summed E-state index contributed by atoms with van der Waals surface area (Å²) in [5, 5.41) is 12.0. The molecule has 0 aliphatic carbocycles. The molecule has 0 unspecified atom stereocenters. The monoisotopic (exact) mass is 205 g/mol. The molecule has 0 bridgehead atoms. The Hall–Kier alpha value is -1.77. The van der Waals surface area contributed by atoms with Gasteiger partial charge >= 0.3 is 5.97 Å². The summed E-state index contributed by atoms with van der Waals surface area (Å²) >= 11 is 0. The molecule has 0 saturated carbocycles. The smallest absolute Gasteiger partial charge is 0.333 e. The van der Waals surface area contributed by atoms with Gasteiger partial charge in [-0.15, -0.1) is 0 Å². The fourth-order valence-electron chi connectivity index (χ4n) is 1.39. The second kappa shape index (κ2) is 5.20. The number of benzene rings is 1. The second-order valence-electron chi connectivity index (χ2n) is 3.25. The van der Waals surface area contributed by atoms with Crippen LogP contribution in [-0.4, -0.2) is 11.1 Å². The van der Waals surface area contributed by atoms with Crippen LogP contribution < -0.4 is 5.32 Å². The molecule has 0 fully saturated rings. The van der Waals surface area contributed by atoms with Crippen molar-refractivity contribution in [2.24, 2.45) is 0 Å². The lowest BCUT2D eigenvalue weighted by molar-refractivity contribution is -0.132. The fourth-order valence-corrected chi connectivity index (χ4v) is 1.39. The molecule has 0 heterocycles. The van der Waals surface area contributed by atoms with E-state index in [1.54, 1.807) is 6.92 Å². The lowest BCUT2D eigenvalue weighted by Gasteiger charge is -2.09. The van der Waals surface area contributed by atoms with Crippen LogP contribution >= 0.6 is 0 Å². The highest BCUT2D eigenvalue weighted by Crippen LogP contribution is 2.13. The zero-order valence-electron chi connectivity index (χ0n) is 8.95. The first-order chi connectivity index (χ1) is 7.15. The van der Waals surface area contributed by atoms with Crippen molar-refractivity contribution in [1.29, 1.82) is 0 Å². The molecule has 0 aliphatic heterocycles. The number of carboxylic acids is 1. The van der Waals surface area contributed by atoms with E-state index in [9.17, 15) is 4.79 Å². The normalized spacial score (nSPS) is 11.9. The number of hydrogen-bond acceptors (Lipinski definition) is 2. The van der Waals surface area contributed by atoms with Crippen LogP contribution in [0.1, 0.15) is 20.3 Å². The third-order valence-corrected chi connectivity index (χ3v) is 2.17. The SMILES string of the molecule is CCC(C(=O)O)=C(C)Nc1ccccc1. The number of nitrogens with one attached hydrogen (secondary N) is 1. The Bertz CT molecular complexity index is 368. The van der Waals surface area contributed by atoms with Gasteiger partial charge in [-0.1, -0.05) is 25.1 Å². The first-order valence-electron chi connectivity index (χ1n) is 4.90. The number of carboxylic acid groups (broad SMARTS) is 1. The predicted octanol–water partition coefficient (Wildman–Crippen LogP) is 2.87. The number of hydrogen-bond donors (Lipinski definition) is 2. The van der Waals surface area contributed by atoms with Gasteiger partial charge in [-0.2, -0.15) is 0 Å². The van der Waals surface area contributed by atoms with Crippen LogP contribution in [0.25, 0.3) is 0 Å². The molecule has 80 valence electrons. The number of carbonyl (C=O) groups is 1. The molecular formula is C12H15NO2. The van der Waals surface area contributed by atoms with Crippen molar-refractivity contribution in [2.75, 3.05) is 5.32 Å². The molecule has 0 radical (unpaired) electrons. The van der Waals surface area contributed by atoms with Gasteiger partial charge in [-0.3, -0.25) is 0 Å². The van der Waals surface area contributed by atoms with Gasteiger partial charge in [-0.25, -0.2) is 4.79 Å². The van der Waals surface area contributed by atoms with Gasteiger partial charge in [0.05, 0.1) is 5.57 Å². The summed E-state index contributed by atoms with van der Waals surface area (Å²) in [5.41, 5.74) is 2.01. The molecule has 0 amide bonds. The second-order valence-corrected chi connectivity index (χ2v) is 3.25. The molecule has 2 N–H and O–H groups in total. The van der Waals surface area contributed by atoms with Crippen molar-refractivity contribution >= 4 is 11.7 Å². The van der Waals surface area contributed by atoms with Crippen molar-refractivity contribution < 1.29 is 9.90 Å². The zero-order chi connectivity index (χ0) is 11.3. The van der Waals surface area contributed by atoms with E-state index in [2.05, 4.69) is 5.32 Å². The summed E-state index contributed by atoms with van der Waals surface area (Å²) < 4.78 is 0. The summed E-state index contributed by atoms with van der Waals surface area (Å²) in [6, 6.07) is 9.53. The molecule has 15 heavy (non-hydrogen) atoms. The topological polar surface area (TPSA) is 49.3 Å². The summed E-state index contributed by atoms with van der Waals surface area (Å²) in [7, 11) is 0. The molecule has 3 heteroatoms. The predicted molar refractivity (Wildman–Crippen MR) is 60.7 cm³/mol. The highest BCUT2D eigenvalue weighted by Gasteiger charge is 2.08. The minimum Gasteiger partial charge on any atom is -0.478 e. The number of aliphatic carboxylic acids is 1. The molecule has 0 saturated heterocycles. The van der Waals surface area contributed by atoms with Gasteiger partial charge < -0.3 is 10.4 Å². The van der Waals surface area contributed by atoms with E-state index in [0.29, 0.717) is 17.7 Å². The summed E-state index contributed by atoms with van der Waals surface area (Å²) in [4.78, 5) is 10.9. The fraction of sp³-hybridized carbons (Fsp3) is 0.250. The molecule has 0 aliphatic rings. The van der Waals surface area contributed by atoms with Gasteiger partial charge in [0, 0.05) is 11.4 Å². The van der Waals surface area contributed by atoms with Gasteiger partial charge in [-0.05, 0) is 25.5 Å². The van der Waals surface area contributed by atoms with Crippen LogP contribution in [0.4, 0.5) is 5.69 Å². The van der Waals surface area contributed by atoms with E-state index < -0.39 is 5.97 Å². The Morgan fingerprint density at radius 3 is 2.40 bits per heavy atom. The Balaban J connectivity index is 2.86. The third kappa shape index (κ3) is 3.13. The van der Waals surface area contributed by atoms with Crippen molar-refractivity contribution in [1.82, 2.24) is 0 Å². The first-order valence-corrected chi connectivity index (χ1v) is 4.90. The third-order valence-electron chi connectivity index (χ3n) is 2.17. The zero-order valence-corrected chi connectivity index (χ0v) is 8.95. The van der Waals surface area contributed by atoms with Crippen molar-refractivity contribution in [3.05, 3.63) is 41.6 Å². The standard InChI is InChI=1S/C12H15NO2/c1-3-11(12(14)15)9(2)13-10-7-5-4-6-8-10/h4-8,13H,3H2,1-2H3,(H,14,15). The van der Waals surface area contributed by atoms with Crippen LogP contribution in [-0.2, 0) is 4.79 Å². The van der Waals surface area contributed by atoms with Crippen molar-refractivity contribution in [3.8, 4) is 0 Å². The minimum absolute atomic E-state index is 0.416. The molecule has 0 atom stereocenters. The van der Waals surface area contributed by atoms with E-state index in [1.807, 2.05) is 37.3 Å². The molecule has 1 aromatic carbocycles. The van der Waals surface area contributed by atoms with Crippen LogP contribution in [0.3, 0.4) is 0 Å². The number of para-hydroxylation sites is 1. The summed E-state index contributed by atoms with van der Waals surface area (Å²) in [6.45, 7) is 3.61. The van der Waals surface area contributed by atoms with E-state index in [0.717, 1.165) is 5.69 Å². The quantitative estimate of drug-likeness (QED) is 0.743. The minimum atomic E-state index is -0.863. The van der Waals surface area contributed by atoms with Crippen LogP contribution in [0.5, 0.6) is 0 Å². The van der Waals surface area contributed by atoms with E-state index in [4.69, 9.17) is 5.11 Å². The lowest BCUT2D eigenvalue weighted by Crippen LogP contribution is -2.07. The number of allylic oxidation sites excluding steroid dienone is 1. The lowest BCUT2D eigenvalue weighted by atomic mass is 10.1. The maximum atomic E-state index is 10.9. The Kier molecular flexibility index (Phi) is 3.92. The first kappa shape index (κ1) is 11.3. The highest BCUT2D eigenvalue weighted by atomic mass is 16.4. The highest BCUT2D eigenvalue weighted by molar-refractivity contribution is 5.88. The molecule has 1 rings (SSSR count). The Labute approximate surface area is 89.4 Å². The van der Waals surface area contributed by atoms with Crippen molar-refractivity contribution in [2.45, 2.75) is 20.3 Å². The largest absolute Gasteiger partial charge is 0.478 e. The summed E-state index contributed by atoms with van der Waals surface area (Å²) in [5.74, 6) is -0.863. The number of anilines is 1. The van der Waals surface area contributed by atoms with Crippen LogP contribution in [0.2, 0.25) is 0 Å². The van der Waals surface area contributed by atoms with E-state index in [1.165, 1.54) is 0 Å². The molecule has 0 spiro atoms. The maximum Gasteiger partial charge on any atom is 0.333 e. The van der Waals surface area contributed by atoms with Gasteiger partial charge in [0.1, 0.15) is 0 Å². The van der Waals surface area contributed by atoms with Crippen LogP contribution in [0, 0.1) is 0 Å². The average Bonchev–Trinajstić information content (AvgIpc) is 2.19. The van der Waals surface area contributed by atoms with Gasteiger partial charge in [0.25, 0.3) is 0 Å². The van der Waals surface area contributed by atoms with E-state index in [-0.39, 0.29) is 0 Å². The van der Waals surface area contributed by atoms with Crippen LogP contribution in [0.15, 0.2) is 41.6 Å². The molecular weight excluding hydrogens is 190 g/mol. The molecule has 1 aromatic rings. The molecule has 3 nitrogen and oxygen atoms in total. The Morgan fingerprint density at radius 2 is 1.93 bits per heavy atom. The average molecular weight is 205 g/mol. The maximum absolute atomic E-state index is 10.9. The Morgan fingerprint density at radius 1 is 1.33 bits per heavy atom. The molecule has 0 aromatic heterocycles. The van der Waals surface area contributed by atoms with Gasteiger partial charge in [0.2, 0.25) is 0 Å². The number of rotatable bonds is 4. The summed E-state index contributed by atoms with van der Waals surface area (Å²) in [6.07, 6.45) is 0.515.